The Balaban J connectivity index is 2.08. The first-order valence-corrected chi connectivity index (χ1v) is 6.85. The van der Waals surface area contributed by atoms with E-state index in [4.69, 9.17) is 10.5 Å². The van der Waals surface area contributed by atoms with Gasteiger partial charge in [-0.2, -0.15) is 0 Å². The first-order valence-electron chi connectivity index (χ1n) is 6.85. The molecule has 1 fully saturated rings. The minimum atomic E-state index is -0.130. The fourth-order valence-electron chi connectivity index (χ4n) is 2.62. The van der Waals surface area contributed by atoms with Crippen LogP contribution in [0.15, 0.2) is 18.2 Å². The van der Waals surface area contributed by atoms with E-state index in [1.54, 1.807) is 25.3 Å². The van der Waals surface area contributed by atoms with Gasteiger partial charge in [-0.3, -0.25) is 4.79 Å². The maximum atomic E-state index is 12.3. The third-order valence-corrected chi connectivity index (χ3v) is 3.86. The summed E-state index contributed by atoms with van der Waals surface area (Å²) < 4.78 is 5.21. The lowest BCUT2D eigenvalue weighted by Crippen LogP contribution is -2.37. The molecule has 1 aromatic carbocycles. The van der Waals surface area contributed by atoms with E-state index in [0.717, 1.165) is 18.8 Å². The van der Waals surface area contributed by atoms with Gasteiger partial charge in [0, 0.05) is 11.7 Å². The molecule has 19 heavy (non-hydrogen) atoms. The number of nitrogens with one attached hydrogen (secondary N) is 1. The summed E-state index contributed by atoms with van der Waals surface area (Å²) in [5.74, 6) is 1.17. The molecule has 0 bridgehead atoms. The molecule has 1 aromatic rings. The van der Waals surface area contributed by atoms with Crippen molar-refractivity contribution >= 4 is 11.6 Å². The van der Waals surface area contributed by atoms with Crippen LogP contribution in [0.4, 0.5) is 5.69 Å². The van der Waals surface area contributed by atoms with E-state index in [1.165, 1.54) is 12.8 Å². The molecule has 4 nitrogen and oxygen atoms in total. The monoisotopic (exact) mass is 262 g/mol. The summed E-state index contributed by atoms with van der Waals surface area (Å²) in [6.07, 6.45) is 4.43. The molecule has 0 aliphatic heterocycles. The van der Waals surface area contributed by atoms with Crippen molar-refractivity contribution in [3.8, 4) is 5.75 Å². The first-order chi connectivity index (χ1) is 9.11. The number of carbonyl (C=O) groups excluding carboxylic acids is 1. The molecular weight excluding hydrogens is 240 g/mol. The molecule has 0 saturated heterocycles. The van der Waals surface area contributed by atoms with Crippen LogP contribution >= 0.6 is 0 Å². The summed E-state index contributed by atoms with van der Waals surface area (Å²) in [7, 11) is 1.55. The molecule has 0 aromatic heterocycles. The predicted octanol–water partition coefficient (Wildman–Crippen LogP) is 2.59. The second kappa shape index (κ2) is 5.95. The van der Waals surface area contributed by atoms with E-state index in [-0.39, 0.29) is 11.9 Å². The molecule has 3 N–H and O–H groups in total. The van der Waals surface area contributed by atoms with Crippen LogP contribution in [0.5, 0.6) is 5.75 Å². The molecule has 1 saturated carbocycles. The van der Waals surface area contributed by atoms with E-state index in [9.17, 15) is 4.79 Å². The number of rotatable bonds is 3. The van der Waals surface area contributed by atoms with E-state index >= 15 is 0 Å². The predicted molar refractivity (Wildman–Crippen MR) is 76.3 cm³/mol. The van der Waals surface area contributed by atoms with Gasteiger partial charge in [-0.1, -0.05) is 13.0 Å². The van der Waals surface area contributed by atoms with Crippen LogP contribution in [-0.2, 0) is 0 Å². The number of nitrogens with two attached hydrogens (primary N) is 1. The van der Waals surface area contributed by atoms with Crippen LogP contribution in [0.25, 0.3) is 0 Å². The van der Waals surface area contributed by atoms with Crippen LogP contribution in [-0.4, -0.2) is 19.1 Å². The number of benzene rings is 1. The van der Waals surface area contributed by atoms with Gasteiger partial charge in [0.25, 0.3) is 5.91 Å². The molecule has 1 amide bonds. The summed E-state index contributed by atoms with van der Waals surface area (Å²) in [5, 5.41) is 3.07. The molecule has 0 atom stereocenters. The van der Waals surface area contributed by atoms with Gasteiger partial charge in [0.05, 0.1) is 7.11 Å². The van der Waals surface area contributed by atoms with E-state index in [2.05, 4.69) is 12.2 Å². The lowest BCUT2D eigenvalue weighted by molar-refractivity contribution is 0.0921. The molecule has 1 aliphatic carbocycles. The van der Waals surface area contributed by atoms with Gasteiger partial charge >= 0.3 is 0 Å². The Morgan fingerprint density at radius 1 is 1.32 bits per heavy atom. The van der Waals surface area contributed by atoms with Crippen molar-refractivity contribution < 1.29 is 9.53 Å². The van der Waals surface area contributed by atoms with Gasteiger partial charge in [0.15, 0.2) is 0 Å². The zero-order chi connectivity index (χ0) is 13.8. The van der Waals surface area contributed by atoms with Gasteiger partial charge in [0.1, 0.15) is 11.3 Å². The van der Waals surface area contributed by atoms with Crippen molar-refractivity contribution in [1.29, 1.82) is 0 Å². The molecular formula is C15H22N2O2. The van der Waals surface area contributed by atoms with Crippen LogP contribution in [0, 0.1) is 5.92 Å². The molecule has 0 heterocycles. The number of carbonyl (C=O) groups is 1. The summed E-state index contributed by atoms with van der Waals surface area (Å²) in [4.78, 5) is 12.3. The number of ether oxygens (including phenoxy) is 1. The minimum absolute atomic E-state index is 0.130. The van der Waals surface area contributed by atoms with Crippen LogP contribution in [0.1, 0.15) is 43.0 Å². The zero-order valence-corrected chi connectivity index (χ0v) is 11.6. The number of hydrogen-bond acceptors (Lipinski definition) is 3. The highest BCUT2D eigenvalue weighted by Gasteiger charge is 2.22. The van der Waals surface area contributed by atoms with E-state index in [1.807, 2.05) is 0 Å². The number of methoxy groups -OCH3 is 1. The van der Waals surface area contributed by atoms with Crippen molar-refractivity contribution in [1.82, 2.24) is 5.32 Å². The Hall–Kier alpha value is -1.71. The van der Waals surface area contributed by atoms with Crippen molar-refractivity contribution in [3.63, 3.8) is 0 Å². The van der Waals surface area contributed by atoms with Gasteiger partial charge in [-0.25, -0.2) is 0 Å². The fraction of sp³-hybridized carbons (Fsp3) is 0.533. The molecule has 4 heteroatoms. The van der Waals surface area contributed by atoms with Crippen molar-refractivity contribution in [2.75, 3.05) is 12.8 Å². The van der Waals surface area contributed by atoms with Crippen LogP contribution in [0.2, 0.25) is 0 Å². The van der Waals surface area contributed by atoms with Gasteiger partial charge < -0.3 is 15.8 Å². The zero-order valence-electron chi connectivity index (χ0n) is 11.6. The second-order valence-electron chi connectivity index (χ2n) is 5.35. The number of nitrogen functional groups attached to an aromatic ring is 1. The third-order valence-electron chi connectivity index (χ3n) is 3.86. The third kappa shape index (κ3) is 3.19. The molecule has 1 aliphatic rings. The van der Waals surface area contributed by atoms with Gasteiger partial charge in [0.2, 0.25) is 0 Å². The van der Waals surface area contributed by atoms with Crippen molar-refractivity contribution in [2.45, 2.75) is 38.6 Å². The quantitative estimate of drug-likeness (QED) is 0.823. The molecule has 0 spiro atoms. The average molecular weight is 262 g/mol. The number of anilines is 1. The Kier molecular flexibility index (Phi) is 4.30. The highest BCUT2D eigenvalue weighted by Crippen LogP contribution is 2.26. The molecule has 104 valence electrons. The summed E-state index contributed by atoms with van der Waals surface area (Å²) in [6, 6.07) is 5.52. The Morgan fingerprint density at radius 3 is 2.63 bits per heavy atom. The first kappa shape index (κ1) is 13.7. The van der Waals surface area contributed by atoms with Gasteiger partial charge in [-0.15, -0.1) is 0 Å². The highest BCUT2D eigenvalue weighted by atomic mass is 16.5. The van der Waals surface area contributed by atoms with Crippen LogP contribution in [0.3, 0.4) is 0 Å². The summed E-state index contributed by atoms with van der Waals surface area (Å²) in [5.41, 5.74) is 6.79. The number of amides is 1. The van der Waals surface area contributed by atoms with Crippen molar-refractivity contribution in [2.24, 2.45) is 5.92 Å². The van der Waals surface area contributed by atoms with Crippen LogP contribution < -0.4 is 15.8 Å². The standard InChI is InChI=1S/C15H22N2O2/c1-10-6-8-11(9-7-10)17-15(18)14-12(16)4-3-5-13(14)19-2/h3-5,10-11H,6-9,16H2,1-2H3,(H,17,18). The normalized spacial score (nSPS) is 22.8. The highest BCUT2D eigenvalue weighted by molar-refractivity contribution is 6.02. The summed E-state index contributed by atoms with van der Waals surface area (Å²) >= 11 is 0. The smallest absolute Gasteiger partial charge is 0.257 e. The molecule has 0 unspecified atom stereocenters. The maximum Gasteiger partial charge on any atom is 0.257 e. The number of hydrogen-bond donors (Lipinski definition) is 2. The molecule has 2 rings (SSSR count). The largest absolute Gasteiger partial charge is 0.496 e. The average Bonchev–Trinajstić information content (AvgIpc) is 2.40. The maximum absolute atomic E-state index is 12.3. The minimum Gasteiger partial charge on any atom is -0.496 e. The van der Waals surface area contributed by atoms with Crippen molar-refractivity contribution in [3.05, 3.63) is 23.8 Å². The van der Waals surface area contributed by atoms with Gasteiger partial charge in [-0.05, 0) is 43.7 Å². The fourth-order valence-corrected chi connectivity index (χ4v) is 2.62. The van der Waals surface area contributed by atoms with E-state index in [0.29, 0.717) is 17.0 Å². The Bertz CT molecular complexity index is 451. The Morgan fingerprint density at radius 2 is 2.00 bits per heavy atom. The lowest BCUT2D eigenvalue weighted by Gasteiger charge is -2.27. The second-order valence-corrected chi connectivity index (χ2v) is 5.35. The van der Waals surface area contributed by atoms with E-state index < -0.39 is 0 Å². The topological polar surface area (TPSA) is 64.3 Å². The lowest BCUT2D eigenvalue weighted by atomic mass is 9.87. The SMILES string of the molecule is COc1cccc(N)c1C(=O)NC1CCC(C)CC1. The Labute approximate surface area is 114 Å². The molecule has 0 radical (unpaired) electrons. The summed E-state index contributed by atoms with van der Waals surface area (Å²) in [6.45, 7) is 2.26.